The zero-order chi connectivity index (χ0) is 13.5. The highest BCUT2D eigenvalue weighted by Crippen LogP contribution is 2.15. The Morgan fingerprint density at radius 2 is 2.22 bits per heavy atom. The van der Waals surface area contributed by atoms with E-state index >= 15 is 0 Å². The molecule has 0 fully saturated rings. The van der Waals surface area contributed by atoms with Crippen LogP contribution in [0.1, 0.15) is 19.4 Å². The van der Waals surface area contributed by atoms with Crippen LogP contribution in [0.2, 0.25) is 0 Å². The second-order valence-corrected chi connectivity index (χ2v) is 3.98. The van der Waals surface area contributed by atoms with E-state index in [1.54, 1.807) is 19.1 Å². The van der Waals surface area contributed by atoms with Gasteiger partial charge in [-0.1, -0.05) is 12.1 Å². The lowest BCUT2D eigenvalue weighted by molar-refractivity contribution is -0.126. The second kappa shape index (κ2) is 6.91. The van der Waals surface area contributed by atoms with E-state index < -0.39 is 0 Å². The Hall–Kier alpha value is -1.68. The molecule has 0 unspecified atom stereocenters. The molecule has 1 amide bonds. The van der Waals surface area contributed by atoms with Crippen molar-refractivity contribution in [3.8, 4) is 0 Å². The van der Waals surface area contributed by atoms with Gasteiger partial charge in [-0.05, 0) is 37.1 Å². The summed E-state index contributed by atoms with van der Waals surface area (Å²) < 4.78 is 13.1. The summed E-state index contributed by atoms with van der Waals surface area (Å²) in [5, 5.41) is 8.84. The number of hydrogen-bond donors (Lipinski definition) is 1. The Morgan fingerprint density at radius 3 is 2.78 bits per heavy atom. The van der Waals surface area contributed by atoms with E-state index in [1.807, 2.05) is 6.92 Å². The summed E-state index contributed by atoms with van der Waals surface area (Å²) in [4.78, 5) is 13.4. The van der Waals surface area contributed by atoms with Gasteiger partial charge in [0.15, 0.2) is 0 Å². The van der Waals surface area contributed by atoms with Crippen LogP contribution in [-0.2, 0) is 4.79 Å². The predicted octanol–water partition coefficient (Wildman–Crippen LogP) is 2.07. The average Bonchev–Trinajstić information content (AvgIpc) is 2.35. The summed E-state index contributed by atoms with van der Waals surface area (Å²) in [6.07, 6.45) is 1.47. The first-order chi connectivity index (χ1) is 8.58. The number of aliphatic hydroxyl groups is 1. The Kier molecular flexibility index (Phi) is 5.52. The highest BCUT2D eigenvalue weighted by molar-refractivity contribution is 5.94. The minimum absolute atomic E-state index is 0.0631. The monoisotopic (exact) mass is 251 g/mol. The van der Waals surface area contributed by atoms with Gasteiger partial charge in [0.05, 0.1) is 6.61 Å². The van der Waals surface area contributed by atoms with E-state index in [9.17, 15) is 9.18 Å². The lowest BCUT2D eigenvalue weighted by Crippen LogP contribution is -2.32. The summed E-state index contributed by atoms with van der Waals surface area (Å²) in [5.74, 6) is -0.497. The van der Waals surface area contributed by atoms with Crippen molar-refractivity contribution in [2.75, 3.05) is 19.7 Å². The zero-order valence-electron chi connectivity index (χ0n) is 10.7. The lowest BCUT2D eigenvalue weighted by atomic mass is 10.1. The summed E-state index contributed by atoms with van der Waals surface area (Å²) in [6, 6.07) is 6.12. The van der Waals surface area contributed by atoms with Gasteiger partial charge >= 0.3 is 0 Å². The summed E-state index contributed by atoms with van der Waals surface area (Å²) >= 11 is 0. The molecule has 0 saturated heterocycles. The molecule has 0 spiro atoms. The van der Waals surface area contributed by atoms with Gasteiger partial charge < -0.3 is 10.0 Å². The van der Waals surface area contributed by atoms with Crippen LogP contribution in [0.5, 0.6) is 0 Å². The van der Waals surface area contributed by atoms with Crippen molar-refractivity contribution in [1.82, 2.24) is 4.90 Å². The quantitative estimate of drug-likeness (QED) is 0.814. The third kappa shape index (κ3) is 3.96. The molecule has 0 aliphatic heterocycles. The molecule has 4 heteroatoms. The van der Waals surface area contributed by atoms with Crippen molar-refractivity contribution in [1.29, 1.82) is 0 Å². The van der Waals surface area contributed by atoms with Crippen LogP contribution in [0.4, 0.5) is 4.39 Å². The van der Waals surface area contributed by atoms with E-state index in [0.29, 0.717) is 24.2 Å². The van der Waals surface area contributed by atoms with Gasteiger partial charge in [-0.15, -0.1) is 0 Å². The number of carbonyl (C=O) groups excluding carboxylic acids is 1. The number of amides is 1. The third-order valence-corrected chi connectivity index (χ3v) is 2.68. The van der Waals surface area contributed by atoms with Crippen molar-refractivity contribution < 1.29 is 14.3 Å². The second-order valence-electron chi connectivity index (χ2n) is 3.98. The van der Waals surface area contributed by atoms with E-state index in [1.165, 1.54) is 23.1 Å². The zero-order valence-corrected chi connectivity index (χ0v) is 10.7. The molecule has 1 rings (SSSR count). The molecule has 1 N–H and O–H groups in total. The highest BCUT2D eigenvalue weighted by Gasteiger charge is 2.09. The molecule has 0 bridgehead atoms. The standard InChI is InChI=1S/C14H18FNO2/c1-3-16(7-8-17)14(18)9-11(2)12-5-4-6-13(15)10-12/h4-6,9-10,17H,3,7-8H2,1-2H3/b11-9-. The number of allylic oxidation sites excluding steroid dienone is 1. The largest absolute Gasteiger partial charge is 0.395 e. The first kappa shape index (κ1) is 14.4. The summed E-state index contributed by atoms with van der Waals surface area (Å²) in [5.41, 5.74) is 1.39. The van der Waals surface area contributed by atoms with Crippen molar-refractivity contribution in [3.05, 3.63) is 41.7 Å². The van der Waals surface area contributed by atoms with Gasteiger partial charge in [0.2, 0.25) is 5.91 Å². The van der Waals surface area contributed by atoms with Crippen LogP contribution < -0.4 is 0 Å². The molecule has 0 aromatic heterocycles. The number of rotatable bonds is 5. The Morgan fingerprint density at radius 1 is 1.50 bits per heavy atom. The molecule has 1 aromatic rings. The molecule has 98 valence electrons. The van der Waals surface area contributed by atoms with Crippen LogP contribution in [0, 0.1) is 5.82 Å². The number of carbonyl (C=O) groups is 1. The minimum Gasteiger partial charge on any atom is -0.395 e. The fraction of sp³-hybridized carbons (Fsp3) is 0.357. The van der Waals surface area contributed by atoms with Crippen molar-refractivity contribution >= 4 is 11.5 Å². The first-order valence-electron chi connectivity index (χ1n) is 5.92. The molecule has 1 aromatic carbocycles. The minimum atomic E-state index is -0.324. The fourth-order valence-corrected chi connectivity index (χ4v) is 1.64. The van der Waals surface area contributed by atoms with Gasteiger partial charge in [-0.2, -0.15) is 0 Å². The van der Waals surface area contributed by atoms with Crippen LogP contribution in [-0.4, -0.2) is 35.6 Å². The topological polar surface area (TPSA) is 40.5 Å². The van der Waals surface area contributed by atoms with Crippen molar-refractivity contribution in [2.24, 2.45) is 0 Å². The third-order valence-electron chi connectivity index (χ3n) is 2.68. The maximum absolute atomic E-state index is 13.1. The molecule has 0 atom stereocenters. The van der Waals surface area contributed by atoms with Gasteiger partial charge in [0, 0.05) is 19.2 Å². The van der Waals surface area contributed by atoms with Crippen molar-refractivity contribution in [3.63, 3.8) is 0 Å². The highest BCUT2D eigenvalue weighted by atomic mass is 19.1. The summed E-state index contributed by atoms with van der Waals surface area (Å²) in [7, 11) is 0. The number of likely N-dealkylation sites (N-methyl/N-ethyl adjacent to an activating group) is 1. The number of aliphatic hydroxyl groups excluding tert-OH is 1. The molecule has 0 saturated carbocycles. The first-order valence-corrected chi connectivity index (χ1v) is 5.92. The van der Waals surface area contributed by atoms with Crippen LogP contribution >= 0.6 is 0 Å². The van der Waals surface area contributed by atoms with E-state index in [0.717, 1.165) is 0 Å². The van der Waals surface area contributed by atoms with E-state index in [-0.39, 0.29) is 18.3 Å². The SMILES string of the molecule is CCN(CCO)C(=O)/C=C(/C)c1cccc(F)c1. The number of nitrogens with zero attached hydrogens (tertiary/aromatic N) is 1. The Bertz CT molecular complexity index is 443. The molecular weight excluding hydrogens is 233 g/mol. The number of benzene rings is 1. The number of halogens is 1. The van der Waals surface area contributed by atoms with Gasteiger partial charge in [0.1, 0.15) is 5.82 Å². The lowest BCUT2D eigenvalue weighted by Gasteiger charge is -2.18. The maximum Gasteiger partial charge on any atom is 0.246 e. The molecule has 3 nitrogen and oxygen atoms in total. The molecule has 0 aliphatic carbocycles. The van der Waals surface area contributed by atoms with Crippen molar-refractivity contribution in [2.45, 2.75) is 13.8 Å². The fourth-order valence-electron chi connectivity index (χ4n) is 1.64. The Balaban J connectivity index is 2.85. The van der Waals surface area contributed by atoms with Crippen LogP contribution in [0.15, 0.2) is 30.3 Å². The molecule has 18 heavy (non-hydrogen) atoms. The van der Waals surface area contributed by atoms with Crippen LogP contribution in [0.3, 0.4) is 0 Å². The molecule has 0 heterocycles. The maximum atomic E-state index is 13.1. The van der Waals surface area contributed by atoms with E-state index in [2.05, 4.69) is 0 Å². The normalized spacial score (nSPS) is 11.4. The van der Waals surface area contributed by atoms with Crippen LogP contribution in [0.25, 0.3) is 5.57 Å². The smallest absolute Gasteiger partial charge is 0.246 e. The van der Waals surface area contributed by atoms with Gasteiger partial charge in [-0.25, -0.2) is 4.39 Å². The Labute approximate surface area is 107 Å². The molecule has 0 radical (unpaired) electrons. The summed E-state index contributed by atoms with van der Waals surface area (Å²) in [6.45, 7) is 4.39. The molecular formula is C14H18FNO2. The van der Waals surface area contributed by atoms with E-state index in [4.69, 9.17) is 5.11 Å². The van der Waals surface area contributed by atoms with Gasteiger partial charge in [0.25, 0.3) is 0 Å². The van der Waals surface area contributed by atoms with Gasteiger partial charge in [-0.3, -0.25) is 4.79 Å². The average molecular weight is 251 g/mol. The molecule has 0 aliphatic rings. The number of hydrogen-bond acceptors (Lipinski definition) is 2. The predicted molar refractivity (Wildman–Crippen MR) is 69.4 cm³/mol.